The first kappa shape index (κ1) is 18.3. The van der Waals surface area contributed by atoms with Crippen LogP contribution in [0.2, 0.25) is 0 Å². The summed E-state index contributed by atoms with van der Waals surface area (Å²) in [5.74, 6) is -2.37. The average Bonchev–Trinajstić information content (AvgIpc) is 2.69. The summed E-state index contributed by atoms with van der Waals surface area (Å²) >= 11 is 0. The van der Waals surface area contributed by atoms with Crippen LogP contribution in [0.15, 0.2) is 24.3 Å². The molecule has 1 aromatic rings. The van der Waals surface area contributed by atoms with Gasteiger partial charge in [-0.05, 0) is 38.1 Å². The summed E-state index contributed by atoms with van der Waals surface area (Å²) in [7, 11) is 0. The number of piperidine rings is 1. The Balaban J connectivity index is 1.60. The molecule has 0 saturated carbocycles. The van der Waals surface area contributed by atoms with Gasteiger partial charge in [0, 0.05) is 19.0 Å². The van der Waals surface area contributed by atoms with Crippen LogP contribution in [0.25, 0.3) is 0 Å². The maximum atomic E-state index is 12.2. The van der Waals surface area contributed by atoms with Crippen LogP contribution in [0.5, 0.6) is 0 Å². The van der Waals surface area contributed by atoms with Crippen molar-refractivity contribution in [1.29, 1.82) is 0 Å². The van der Waals surface area contributed by atoms with E-state index in [9.17, 15) is 14.4 Å². The van der Waals surface area contributed by atoms with Gasteiger partial charge in [-0.1, -0.05) is 12.1 Å². The lowest BCUT2D eigenvalue weighted by molar-refractivity contribution is -0.141. The summed E-state index contributed by atoms with van der Waals surface area (Å²) in [5.41, 5.74) is 1.38. The maximum absolute atomic E-state index is 12.2. The smallest absolute Gasteiger partial charge is 0.316 e. The summed E-state index contributed by atoms with van der Waals surface area (Å²) < 4.78 is 5.35. The molecule has 0 radical (unpaired) electrons. The second-order valence-corrected chi connectivity index (χ2v) is 6.41. The highest BCUT2D eigenvalue weighted by molar-refractivity contribution is 6.42. The molecule has 3 N–H and O–H groups in total. The summed E-state index contributed by atoms with van der Waals surface area (Å²) in [6.45, 7) is 4.15. The number of morpholine rings is 1. The highest BCUT2D eigenvalue weighted by Crippen LogP contribution is 2.26. The number of nitrogens with zero attached hydrogens (tertiary/aromatic N) is 1. The zero-order valence-corrected chi connectivity index (χ0v) is 14.6. The number of amides is 3. The van der Waals surface area contributed by atoms with Gasteiger partial charge in [0.05, 0.1) is 24.6 Å². The van der Waals surface area contributed by atoms with E-state index in [2.05, 4.69) is 20.9 Å². The van der Waals surface area contributed by atoms with Crippen molar-refractivity contribution in [2.75, 3.05) is 49.6 Å². The number of imide groups is 1. The van der Waals surface area contributed by atoms with Gasteiger partial charge in [-0.2, -0.15) is 0 Å². The molecule has 3 amide bonds. The van der Waals surface area contributed by atoms with E-state index in [0.29, 0.717) is 44.8 Å². The van der Waals surface area contributed by atoms with Crippen LogP contribution >= 0.6 is 0 Å². The Labute approximate surface area is 152 Å². The normalized spacial score (nSPS) is 18.2. The largest absolute Gasteiger partial charge is 0.378 e. The van der Waals surface area contributed by atoms with E-state index in [1.54, 1.807) is 12.1 Å². The Bertz CT molecular complexity index is 667. The van der Waals surface area contributed by atoms with E-state index >= 15 is 0 Å². The number of carbonyl (C=O) groups is 3. The van der Waals surface area contributed by atoms with Crippen LogP contribution in [0.4, 0.5) is 11.4 Å². The first-order valence-electron chi connectivity index (χ1n) is 8.94. The Kier molecular flexibility index (Phi) is 6.19. The van der Waals surface area contributed by atoms with Gasteiger partial charge >= 0.3 is 11.8 Å². The molecule has 1 aromatic carbocycles. The molecular formula is C18H24N4O4. The number of benzene rings is 1. The van der Waals surface area contributed by atoms with Crippen molar-refractivity contribution in [1.82, 2.24) is 10.6 Å². The summed E-state index contributed by atoms with van der Waals surface area (Å²) in [5, 5.41) is 7.99. The molecule has 26 heavy (non-hydrogen) atoms. The van der Waals surface area contributed by atoms with Crippen LogP contribution in [0.1, 0.15) is 12.8 Å². The van der Waals surface area contributed by atoms with Gasteiger partial charge in [0.25, 0.3) is 0 Å². The number of hydrogen-bond acceptors (Lipinski definition) is 6. The molecule has 0 aliphatic carbocycles. The Hall–Kier alpha value is -2.45. The Morgan fingerprint density at radius 1 is 1.04 bits per heavy atom. The van der Waals surface area contributed by atoms with Crippen molar-refractivity contribution in [2.45, 2.75) is 12.8 Å². The number of anilines is 2. The molecule has 2 fully saturated rings. The molecule has 8 nitrogen and oxygen atoms in total. The SMILES string of the molecule is O=C(NC(=O)C1CCNCC1)C(=O)Nc1ccccc1N1CCOCC1. The van der Waals surface area contributed by atoms with Crippen molar-refractivity contribution < 1.29 is 19.1 Å². The van der Waals surface area contributed by atoms with Crippen molar-refractivity contribution in [3.63, 3.8) is 0 Å². The van der Waals surface area contributed by atoms with Crippen LogP contribution < -0.4 is 20.9 Å². The van der Waals surface area contributed by atoms with Gasteiger partial charge in [0.15, 0.2) is 0 Å². The third-order valence-corrected chi connectivity index (χ3v) is 4.66. The predicted octanol–water partition coefficient (Wildman–Crippen LogP) is 0.104. The highest BCUT2D eigenvalue weighted by atomic mass is 16.5. The molecule has 0 bridgehead atoms. The number of para-hydroxylation sites is 2. The molecular weight excluding hydrogens is 336 g/mol. The van der Waals surface area contributed by atoms with E-state index in [1.807, 2.05) is 12.1 Å². The van der Waals surface area contributed by atoms with Crippen LogP contribution in [-0.2, 0) is 19.1 Å². The number of hydrogen-bond donors (Lipinski definition) is 3. The van der Waals surface area contributed by atoms with Crippen LogP contribution in [-0.4, -0.2) is 57.1 Å². The molecule has 2 aliphatic rings. The highest BCUT2D eigenvalue weighted by Gasteiger charge is 2.25. The third-order valence-electron chi connectivity index (χ3n) is 4.66. The first-order valence-corrected chi connectivity index (χ1v) is 8.94. The average molecular weight is 360 g/mol. The maximum Gasteiger partial charge on any atom is 0.316 e. The topological polar surface area (TPSA) is 99.8 Å². The first-order chi connectivity index (χ1) is 12.6. The van der Waals surface area contributed by atoms with Gasteiger partial charge in [0.2, 0.25) is 5.91 Å². The lowest BCUT2D eigenvalue weighted by Gasteiger charge is -2.30. The van der Waals surface area contributed by atoms with Crippen molar-refractivity contribution in [3.8, 4) is 0 Å². The van der Waals surface area contributed by atoms with Crippen molar-refractivity contribution in [2.24, 2.45) is 5.92 Å². The van der Waals surface area contributed by atoms with E-state index in [1.165, 1.54) is 0 Å². The third kappa shape index (κ3) is 4.59. The molecule has 8 heteroatoms. The number of ether oxygens (including phenoxy) is 1. The van der Waals surface area contributed by atoms with E-state index in [-0.39, 0.29) is 11.8 Å². The molecule has 2 heterocycles. The Morgan fingerprint density at radius 2 is 1.73 bits per heavy atom. The second-order valence-electron chi connectivity index (χ2n) is 6.41. The molecule has 2 saturated heterocycles. The summed E-state index contributed by atoms with van der Waals surface area (Å²) in [6, 6.07) is 7.29. The molecule has 0 unspecified atom stereocenters. The van der Waals surface area contributed by atoms with E-state index < -0.39 is 11.8 Å². The van der Waals surface area contributed by atoms with Gasteiger partial charge in [-0.3, -0.25) is 19.7 Å². The zero-order valence-electron chi connectivity index (χ0n) is 14.6. The Morgan fingerprint density at radius 3 is 2.46 bits per heavy atom. The predicted molar refractivity (Wildman–Crippen MR) is 96.8 cm³/mol. The summed E-state index contributed by atoms with van der Waals surface area (Å²) in [4.78, 5) is 38.5. The van der Waals surface area contributed by atoms with Gasteiger partial charge in [0.1, 0.15) is 0 Å². The fraction of sp³-hybridized carbons (Fsp3) is 0.500. The van der Waals surface area contributed by atoms with Crippen molar-refractivity contribution >= 4 is 29.1 Å². The minimum absolute atomic E-state index is 0.228. The fourth-order valence-corrected chi connectivity index (χ4v) is 3.19. The monoisotopic (exact) mass is 360 g/mol. The van der Waals surface area contributed by atoms with Gasteiger partial charge in [-0.15, -0.1) is 0 Å². The van der Waals surface area contributed by atoms with Gasteiger partial charge in [-0.25, -0.2) is 0 Å². The summed E-state index contributed by atoms with van der Waals surface area (Å²) in [6.07, 6.45) is 1.33. The fourth-order valence-electron chi connectivity index (χ4n) is 3.19. The molecule has 2 aliphatic heterocycles. The minimum Gasteiger partial charge on any atom is -0.378 e. The quantitative estimate of drug-likeness (QED) is 0.662. The van der Waals surface area contributed by atoms with E-state index in [4.69, 9.17) is 4.74 Å². The lowest BCUT2D eigenvalue weighted by atomic mass is 9.97. The second kappa shape index (κ2) is 8.77. The standard InChI is InChI=1S/C18H24N4O4/c23-16(13-5-7-19-8-6-13)21-18(25)17(24)20-14-3-1-2-4-15(14)22-9-11-26-12-10-22/h1-4,13,19H,5-12H2,(H,20,24)(H,21,23,25). The van der Waals surface area contributed by atoms with E-state index in [0.717, 1.165) is 18.8 Å². The number of nitrogens with one attached hydrogen (secondary N) is 3. The van der Waals surface area contributed by atoms with Crippen molar-refractivity contribution in [3.05, 3.63) is 24.3 Å². The van der Waals surface area contributed by atoms with Gasteiger partial charge < -0.3 is 20.3 Å². The number of rotatable bonds is 3. The molecule has 0 aromatic heterocycles. The molecule has 140 valence electrons. The molecule has 0 atom stereocenters. The lowest BCUT2D eigenvalue weighted by Crippen LogP contribution is -2.45. The number of carbonyl (C=O) groups excluding carboxylic acids is 3. The zero-order chi connectivity index (χ0) is 18.4. The van der Waals surface area contributed by atoms with Crippen LogP contribution in [0, 0.1) is 5.92 Å². The minimum atomic E-state index is -0.926. The molecule has 0 spiro atoms. The molecule has 3 rings (SSSR count). The van der Waals surface area contributed by atoms with Crippen LogP contribution in [0.3, 0.4) is 0 Å².